The van der Waals surface area contributed by atoms with E-state index in [2.05, 4.69) is 41.1 Å². The summed E-state index contributed by atoms with van der Waals surface area (Å²) in [6.45, 7) is 6.23. The number of aryl methyl sites for hydroxylation is 2. The van der Waals surface area contributed by atoms with Crippen LogP contribution in [0.2, 0.25) is 0 Å². The van der Waals surface area contributed by atoms with Crippen molar-refractivity contribution in [1.82, 2.24) is 15.1 Å². The number of H-pyrrole nitrogens is 1. The Bertz CT molecular complexity index is 661. The number of aromatic nitrogens is 2. The molecule has 0 spiro atoms. The van der Waals surface area contributed by atoms with Gasteiger partial charge in [0.2, 0.25) is 0 Å². The van der Waals surface area contributed by atoms with Crippen LogP contribution in [-0.4, -0.2) is 35.9 Å². The number of nitrogens with zero attached hydrogens (tertiary/aromatic N) is 2. The molecule has 2 aromatic rings. The summed E-state index contributed by atoms with van der Waals surface area (Å²) in [6, 6.07) is 6.62. The highest BCUT2D eigenvalue weighted by Gasteiger charge is 2.29. The molecule has 1 aromatic heterocycles. The Balaban J connectivity index is 1.82. The smallest absolute Gasteiger partial charge is 0.161 e. The summed E-state index contributed by atoms with van der Waals surface area (Å²) < 4.78 is 10.7. The van der Waals surface area contributed by atoms with Gasteiger partial charge in [0.25, 0.3) is 0 Å². The van der Waals surface area contributed by atoms with E-state index in [1.54, 1.807) is 14.2 Å². The van der Waals surface area contributed by atoms with Crippen molar-refractivity contribution in [3.05, 3.63) is 40.7 Å². The van der Waals surface area contributed by atoms with Crippen molar-refractivity contribution in [2.45, 2.75) is 39.3 Å². The molecule has 1 aliphatic rings. The van der Waals surface area contributed by atoms with Crippen LogP contribution >= 0.6 is 0 Å². The van der Waals surface area contributed by atoms with Crippen LogP contribution in [0.5, 0.6) is 11.5 Å². The first-order chi connectivity index (χ1) is 11.1. The van der Waals surface area contributed by atoms with Crippen molar-refractivity contribution in [2.24, 2.45) is 0 Å². The Hall–Kier alpha value is -2.01. The van der Waals surface area contributed by atoms with Gasteiger partial charge in [-0.15, -0.1) is 0 Å². The van der Waals surface area contributed by atoms with Crippen LogP contribution in [-0.2, 0) is 6.54 Å². The van der Waals surface area contributed by atoms with E-state index in [4.69, 9.17) is 9.47 Å². The Kier molecular flexibility index (Phi) is 4.57. The molecule has 0 amide bonds. The number of hydrogen-bond acceptors (Lipinski definition) is 4. The fourth-order valence-corrected chi connectivity index (χ4v) is 3.61. The van der Waals surface area contributed by atoms with E-state index in [9.17, 15) is 0 Å². The maximum Gasteiger partial charge on any atom is 0.161 e. The van der Waals surface area contributed by atoms with E-state index < -0.39 is 0 Å². The largest absolute Gasteiger partial charge is 0.493 e. The van der Waals surface area contributed by atoms with Gasteiger partial charge in [0, 0.05) is 23.8 Å². The molecule has 1 N–H and O–H groups in total. The van der Waals surface area contributed by atoms with Crippen molar-refractivity contribution in [3.63, 3.8) is 0 Å². The fourth-order valence-electron chi connectivity index (χ4n) is 3.61. The highest BCUT2D eigenvalue weighted by molar-refractivity contribution is 5.43. The van der Waals surface area contributed by atoms with Crippen LogP contribution in [0, 0.1) is 13.8 Å². The summed E-state index contributed by atoms with van der Waals surface area (Å²) in [6.07, 6.45) is 2.41. The Morgan fingerprint density at radius 2 is 2.00 bits per heavy atom. The second kappa shape index (κ2) is 6.62. The minimum Gasteiger partial charge on any atom is -0.493 e. The SMILES string of the molecule is COc1ccc(CN2CCCC2c2c(C)n[nH]c2C)cc1OC. The third kappa shape index (κ3) is 3.06. The summed E-state index contributed by atoms with van der Waals surface area (Å²) in [4.78, 5) is 2.53. The van der Waals surface area contributed by atoms with Gasteiger partial charge in [0.05, 0.1) is 19.9 Å². The molecule has 0 saturated carbocycles. The minimum atomic E-state index is 0.446. The molecule has 1 aliphatic heterocycles. The van der Waals surface area contributed by atoms with Crippen LogP contribution in [0.15, 0.2) is 18.2 Å². The molecule has 2 heterocycles. The van der Waals surface area contributed by atoms with E-state index in [-0.39, 0.29) is 0 Å². The van der Waals surface area contributed by atoms with Gasteiger partial charge >= 0.3 is 0 Å². The molecule has 0 aliphatic carbocycles. The molecular formula is C18H25N3O2. The Labute approximate surface area is 137 Å². The number of methoxy groups -OCH3 is 2. The molecule has 5 heteroatoms. The minimum absolute atomic E-state index is 0.446. The van der Waals surface area contributed by atoms with Crippen molar-refractivity contribution >= 4 is 0 Å². The lowest BCUT2D eigenvalue weighted by Gasteiger charge is -2.25. The normalized spacial score (nSPS) is 18.3. The maximum absolute atomic E-state index is 5.42. The van der Waals surface area contributed by atoms with Gasteiger partial charge in [0.1, 0.15) is 0 Å². The van der Waals surface area contributed by atoms with Crippen LogP contribution in [0.4, 0.5) is 0 Å². The van der Waals surface area contributed by atoms with Crippen LogP contribution in [0.3, 0.4) is 0 Å². The summed E-state index contributed by atoms with van der Waals surface area (Å²) >= 11 is 0. The van der Waals surface area contributed by atoms with Crippen LogP contribution in [0.1, 0.15) is 41.4 Å². The zero-order chi connectivity index (χ0) is 16.4. The molecular weight excluding hydrogens is 290 g/mol. The van der Waals surface area contributed by atoms with Gasteiger partial charge in [0.15, 0.2) is 11.5 Å². The van der Waals surface area contributed by atoms with E-state index in [0.717, 1.165) is 30.3 Å². The summed E-state index contributed by atoms with van der Waals surface area (Å²) in [5, 5.41) is 7.48. The van der Waals surface area contributed by atoms with Crippen molar-refractivity contribution in [3.8, 4) is 11.5 Å². The topological polar surface area (TPSA) is 50.4 Å². The number of hydrogen-bond donors (Lipinski definition) is 1. The molecule has 0 bridgehead atoms. The van der Waals surface area contributed by atoms with Gasteiger partial charge < -0.3 is 9.47 Å². The number of rotatable bonds is 5. The van der Waals surface area contributed by atoms with Gasteiger partial charge in [-0.25, -0.2) is 0 Å². The third-order valence-electron chi connectivity index (χ3n) is 4.72. The van der Waals surface area contributed by atoms with Crippen molar-refractivity contribution < 1.29 is 9.47 Å². The lowest BCUT2D eigenvalue weighted by molar-refractivity contribution is 0.246. The predicted molar refractivity (Wildman–Crippen MR) is 90.0 cm³/mol. The third-order valence-corrected chi connectivity index (χ3v) is 4.72. The maximum atomic E-state index is 5.42. The fraction of sp³-hybridized carbons (Fsp3) is 0.500. The first-order valence-electron chi connectivity index (χ1n) is 8.10. The molecule has 23 heavy (non-hydrogen) atoms. The van der Waals surface area contributed by atoms with Gasteiger partial charge in [-0.2, -0.15) is 5.10 Å². The highest BCUT2D eigenvalue weighted by Crippen LogP contribution is 2.36. The zero-order valence-electron chi connectivity index (χ0n) is 14.3. The van der Waals surface area contributed by atoms with E-state index in [1.807, 2.05) is 6.07 Å². The van der Waals surface area contributed by atoms with Gasteiger partial charge in [-0.1, -0.05) is 6.07 Å². The number of benzene rings is 1. The van der Waals surface area contributed by atoms with E-state index >= 15 is 0 Å². The predicted octanol–water partition coefficient (Wildman–Crippen LogP) is 3.38. The molecule has 124 valence electrons. The lowest BCUT2D eigenvalue weighted by Crippen LogP contribution is -2.23. The number of aromatic amines is 1. The molecule has 1 saturated heterocycles. The van der Waals surface area contributed by atoms with Gasteiger partial charge in [-0.3, -0.25) is 10.00 Å². The zero-order valence-corrected chi connectivity index (χ0v) is 14.3. The monoisotopic (exact) mass is 315 g/mol. The summed E-state index contributed by atoms with van der Waals surface area (Å²) in [5.41, 5.74) is 4.91. The average Bonchev–Trinajstić information content (AvgIpc) is 3.13. The molecule has 0 radical (unpaired) electrons. The summed E-state index contributed by atoms with van der Waals surface area (Å²) in [5.74, 6) is 1.56. The average molecular weight is 315 g/mol. The molecule has 3 rings (SSSR count). The number of nitrogens with one attached hydrogen (secondary N) is 1. The highest BCUT2D eigenvalue weighted by atomic mass is 16.5. The second-order valence-electron chi connectivity index (χ2n) is 6.17. The standard InChI is InChI=1S/C18H25N3O2/c1-12-18(13(2)20-19-12)15-6-5-9-21(15)11-14-7-8-16(22-3)17(10-14)23-4/h7-8,10,15H,5-6,9,11H2,1-4H3,(H,19,20). The number of likely N-dealkylation sites (tertiary alicyclic amines) is 1. The molecule has 1 fully saturated rings. The Morgan fingerprint density at radius 3 is 2.65 bits per heavy atom. The second-order valence-corrected chi connectivity index (χ2v) is 6.17. The van der Waals surface area contributed by atoms with Crippen molar-refractivity contribution in [2.75, 3.05) is 20.8 Å². The Morgan fingerprint density at radius 1 is 1.22 bits per heavy atom. The lowest BCUT2D eigenvalue weighted by atomic mass is 10.0. The quantitative estimate of drug-likeness (QED) is 0.919. The molecule has 5 nitrogen and oxygen atoms in total. The summed E-state index contributed by atoms with van der Waals surface area (Å²) in [7, 11) is 3.34. The first kappa shape index (κ1) is 15.9. The van der Waals surface area contributed by atoms with Crippen molar-refractivity contribution in [1.29, 1.82) is 0 Å². The van der Waals surface area contributed by atoms with Crippen LogP contribution in [0.25, 0.3) is 0 Å². The molecule has 1 atom stereocenters. The van der Waals surface area contributed by atoms with E-state index in [0.29, 0.717) is 6.04 Å². The molecule has 1 unspecified atom stereocenters. The number of ether oxygens (including phenoxy) is 2. The van der Waals surface area contributed by atoms with Gasteiger partial charge in [-0.05, 0) is 50.9 Å². The first-order valence-corrected chi connectivity index (χ1v) is 8.10. The van der Waals surface area contributed by atoms with E-state index in [1.165, 1.54) is 29.7 Å². The molecule has 1 aromatic carbocycles. The van der Waals surface area contributed by atoms with Crippen LogP contribution < -0.4 is 9.47 Å².